The van der Waals surface area contributed by atoms with Crippen LogP contribution in [-0.4, -0.2) is 77.1 Å². The highest BCUT2D eigenvalue weighted by atomic mass is 32.1. The number of hydrogen-bond acceptors (Lipinski definition) is 8. The van der Waals surface area contributed by atoms with Crippen LogP contribution in [0.25, 0.3) is 0 Å². The van der Waals surface area contributed by atoms with Crippen molar-refractivity contribution in [1.29, 1.82) is 0 Å². The quantitative estimate of drug-likeness (QED) is 0.0442. The van der Waals surface area contributed by atoms with Gasteiger partial charge in [0.15, 0.2) is 5.96 Å². The van der Waals surface area contributed by atoms with Crippen LogP contribution >= 0.6 is 12.6 Å². The molecule has 0 aromatic heterocycles. The fourth-order valence-electron chi connectivity index (χ4n) is 2.75. The van der Waals surface area contributed by atoms with Crippen molar-refractivity contribution in [2.24, 2.45) is 33.8 Å². The number of nitrogens with zero attached hydrogens (tertiary/aromatic N) is 1. The Morgan fingerprint density at radius 1 is 0.971 bits per heavy atom. The maximum Gasteiger partial charge on any atom is 0.326 e. The number of amides is 4. The van der Waals surface area contributed by atoms with Crippen molar-refractivity contribution in [3.63, 3.8) is 0 Å². The molecule has 0 heterocycles. The van der Waals surface area contributed by atoms with Gasteiger partial charge in [-0.05, 0) is 18.8 Å². The van der Waals surface area contributed by atoms with Gasteiger partial charge in [0.2, 0.25) is 23.6 Å². The Balaban J connectivity index is 5.48. The van der Waals surface area contributed by atoms with Crippen LogP contribution in [0, 0.1) is 5.92 Å². The second-order valence-electron chi connectivity index (χ2n) is 7.74. The van der Waals surface area contributed by atoms with E-state index in [4.69, 9.17) is 22.9 Å². The Kier molecular flexibility index (Phi) is 14.3. The van der Waals surface area contributed by atoms with E-state index in [-0.39, 0.29) is 31.1 Å². The Morgan fingerprint density at radius 3 is 2.03 bits per heavy atom. The van der Waals surface area contributed by atoms with Crippen molar-refractivity contribution in [3.8, 4) is 0 Å². The van der Waals surface area contributed by atoms with Crippen LogP contribution in [0.15, 0.2) is 4.99 Å². The van der Waals surface area contributed by atoms with Crippen LogP contribution in [0.3, 0.4) is 0 Å². The number of aliphatic carboxylic acids is 1. The van der Waals surface area contributed by atoms with Gasteiger partial charge in [-0.15, -0.1) is 0 Å². The molecule has 0 aromatic rings. The van der Waals surface area contributed by atoms with Gasteiger partial charge >= 0.3 is 5.97 Å². The zero-order valence-corrected chi connectivity index (χ0v) is 20.2. The molecule has 0 spiro atoms. The van der Waals surface area contributed by atoms with E-state index in [1.807, 2.05) is 0 Å². The summed E-state index contributed by atoms with van der Waals surface area (Å²) < 4.78 is 0. The van der Waals surface area contributed by atoms with E-state index in [2.05, 4.69) is 33.6 Å². The molecular formula is C19H36N8O6S. The average molecular weight is 505 g/mol. The van der Waals surface area contributed by atoms with Crippen LogP contribution in [0.2, 0.25) is 0 Å². The first kappa shape index (κ1) is 30.9. The number of hydrogen-bond donors (Lipinski definition) is 9. The van der Waals surface area contributed by atoms with Gasteiger partial charge in [0, 0.05) is 12.3 Å². The molecule has 0 saturated heterocycles. The van der Waals surface area contributed by atoms with Crippen LogP contribution in [0.5, 0.6) is 0 Å². The van der Waals surface area contributed by atoms with Crippen molar-refractivity contribution in [2.75, 3.05) is 12.3 Å². The third-order valence-electron chi connectivity index (χ3n) is 4.92. The van der Waals surface area contributed by atoms with Gasteiger partial charge in [-0.3, -0.25) is 24.2 Å². The molecule has 0 bridgehead atoms. The number of carbonyl (C=O) groups is 5. The second kappa shape index (κ2) is 15.7. The summed E-state index contributed by atoms with van der Waals surface area (Å²) >= 11 is 3.91. The number of nitrogens with two attached hydrogens (primary N) is 4. The summed E-state index contributed by atoms with van der Waals surface area (Å²) in [6.45, 7) is 3.63. The highest BCUT2D eigenvalue weighted by Crippen LogP contribution is 2.10. The average Bonchev–Trinajstić information content (AvgIpc) is 2.76. The van der Waals surface area contributed by atoms with Gasteiger partial charge in [-0.1, -0.05) is 20.3 Å². The van der Waals surface area contributed by atoms with Crippen molar-refractivity contribution in [2.45, 2.75) is 63.7 Å². The van der Waals surface area contributed by atoms with E-state index in [0.717, 1.165) is 0 Å². The number of carboxylic acids is 1. The lowest BCUT2D eigenvalue weighted by molar-refractivity contribution is -0.143. The molecule has 194 valence electrons. The minimum atomic E-state index is -1.38. The van der Waals surface area contributed by atoms with E-state index in [1.54, 1.807) is 13.8 Å². The van der Waals surface area contributed by atoms with Crippen molar-refractivity contribution in [1.82, 2.24) is 16.0 Å². The predicted octanol–water partition coefficient (Wildman–Crippen LogP) is -3.24. The molecule has 15 heteroatoms. The smallest absolute Gasteiger partial charge is 0.326 e. The van der Waals surface area contributed by atoms with E-state index in [0.29, 0.717) is 6.42 Å². The number of carboxylic acid groups (broad SMARTS) is 1. The SMILES string of the molecule is CCC(C)C(NC(=O)C(CC(N)=O)NC(=O)C(N)CS)C(=O)NC(CCCN=C(N)N)C(=O)O. The first-order valence-electron chi connectivity index (χ1n) is 10.7. The highest BCUT2D eigenvalue weighted by molar-refractivity contribution is 7.80. The number of carbonyl (C=O) groups excluding carboxylic acids is 4. The van der Waals surface area contributed by atoms with E-state index in [9.17, 15) is 29.1 Å². The Bertz CT molecular complexity index is 761. The van der Waals surface area contributed by atoms with Crippen molar-refractivity contribution < 1.29 is 29.1 Å². The Hall–Kier alpha value is -3.07. The first-order valence-corrected chi connectivity index (χ1v) is 11.3. The van der Waals surface area contributed by atoms with Crippen LogP contribution < -0.4 is 38.9 Å². The minimum absolute atomic E-state index is 0.00555. The monoisotopic (exact) mass is 504 g/mol. The molecular weight excluding hydrogens is 468 g/mol. The number of thiol groups is 1. The molecule has 0 fully saturated rings. The Morgan fingerprint density at radius 2 is 1.56 bits per heavy atom. The highest BCUT2D eigenvalue weighted by Gasteiger charge is 2.33. The van der Waals surface area contributed by atoms with E-state index >= 15 is 0 Å². The van der Waals surface area contributed by atoms with E-state index in [1.165, 1.54) is 0 Å². The minimum Gasteiger partial charge on any atom is -0.480 e. The molecule has 0 aliphatic heterocycles. The van der Waals surface area contributed by atoms with Gasteiger partial charge in [-0.2, -0.15) is 12.6 Å². The van der Waals surface area contributed by atoms with Gasteiger partial charge in [0.25, 0.3) is 0 Å². The lowest BCUT2D eigenvalue weighted by atomic mass is 9.97. The fourth-order valence-corrected chi connectivity index (χ4v) is 2.92. The van der Waals surface area contributed by atoms with Crippen molar-refractivity contribution in [3.05, 3.63) is 0 Å². The summed E-state index contributed by atoms with van der Waals surface area (Å²) in [7, 11) is 0. The molecule has 0 aliphatic carbocycles. The zero-order chi connectivity index (χ0) is 26.4. The molecule has 0 rings (SSSR count). The number of primary amides is 1. The third kappa shape index (κ3) is 11.7. The second-order valence-corrected chi connectivity index (χ2v) is 8.11. The zero-order valence-electron chi connectivity index (χ0n) is 19.3. The summed E-state index contributed by atoms with van der Waals surface area (Å²) in [5, 5.41) is 16.6. The van der Waals surface area contributed by atoms with E-state index < -0.39 is 66.1 Å². The topological polar surface area (TPSA) is 258 Å². The molecule has 5 atom stereocenters. The first-order chi connectivity index (χ1) is 15.8. The molecule has 0 aliphatic rings. The summed E-state index contributed by atoms with van der Waals surface area (Å²) in [5.41, 5.74) is 21.2. The van der Waals surface area contributed by atoms with Crippen LogP contribution in [-0.2, 0) is 24.0 Å². The van der Waals surface area contributed by atoms with Crippen molar-refractivity contribution >= 4 is 48.2 Å². The number of rotatable bonds is 16. The fraction of sp³-hybridized carbons (Fsp3) is 0.684. The molecule has 0 radical (unpaired) electrons. The molecule has 4 amide bonds. The standard InChI is InChI=1S/C19H36N8O6S/c1-3-9(2)14(17(31)25-11(18(32)33)5-4-6-24-19(22)23)27-16(30)12(7-13(21)28)26-15(29)10(20)8-34/h9-12,14,34H,3-8,20H2,1-2H3,(H2,21,28)(H,25,31)(H,26,29)(H,27,30)(H,32,33)(H4,22,23,24). The Labute approximate surface area is 203 Å². The predicted molar refractivity (Wildman–Crippen MR) is 128 cm³/mol. The van der Waals surface area contributed by atoms with Gasteiger partial charge < -0.3 is 44.0 Å². The molecule has 5 unspecified atom stereocenters. The summed E-state index contributed by atoms with van der Waals surface area (Å²) in [5.74, 6) is -5.01. The molecule has 12 N–H and O–H groups in total. The molecule has 0 aromatic carbocycles. The van der Waals surface area contributed by atoms with Crippen LogP contribution in [0.1, 0.15) is 39.5 Å². The molecule has 14 nitrogen and oxygen atoms in total. The largest absolute Gasteiger partial charge is 0.480 e. The number of guanidine groups is 1. The normalized spacial score (nSPS) is 15.1. The maximum absolute atomic E-state index is 12.9. The third-order valence-corrected chi connectivity index (χ3v) is 5.32. The number of aliphatic imine (C=N–C) groups is 1. The maximum atomic E-state index is 12.9. The summed E-state index contributed by atoms with van der Waals surface area (Å²) in [4.78, 5) is 64.6. The van der Waals surface area contributed by atoms with Gasteiger partial charge in [-0.25, -0.2) is 4.79 Å². The summed E-state index contributed by atoms with van der Waals surface area (Å²) in [6, 6.07) is -4.82. The van der Waals surface area contributed by atoms with Crippen LogP contribution in [0.4, 0.5) is 0 Å². The molecule has 0 saturated carbocycles. The number of nitrogens with one attached hydrogen (secondary N) is 3. The van der Waals surface area contributed by atoms with Gasteiger partial charge in [0.05, 0.1) is 12.5 Å². The summed E-state index contributed by atoms with van der Waals surface area (Å²) in [6.07, 6.45) is 0.251. The molecule has 34 heavy (non-hydrogen) atoms. The lowest BCUT2D eigenvalue weighted by Crippen LogP contribution is -2.59. The lowest BCUT2D eigenvalue weighted by Gasteiger charge is -2.27. The van der Waals surface area contributed by atoms with Gasteiger partial charge in [0.1, 0.15) is 18.1 Å².